The summed E-state index contributed by atoms with van der Waals surface area (Å²) >= 11 is 3.47. The van der Waals surface area contributed by atoms with Gasteiger partial charge in [0.1, 0.15) is 0 Å². The van der Waals surface area contributed by atoms with Gasteiger partial charge in [0, 0.05) is 29.9 Å². The number of rotatable bonds is 6. The number of benzene rings is 1. The molecule has 96 valence electrons. The predicted octanol–water partition coefficient (Wildman–Crippen LogP) is 2.89. The molecule has 0 aliphatic heterocycles. The molecule has 1 atom stereocenters. The Bertz CT molecular complexity index is 337. The van der Waals surface area contributed by atoms with E-state index < -0.39 is 0 Å². The number of nitrogens with zero attached hydrogens (tertiary/aromatic N) is 1. The van der Waals surface area contributed by atoms with Crippen LogP contribution in [0.4, 0.5) is 5.69 Å². The molecule has 0 saturated heterocycles. The van der Waals surface area contributed by atoms with Gasteiger partial charge < -0.3 is 10.5 Å². The lowest BCUT2D eigenvalue weighted by Crippen LogP contribution is -2.35. The van der Waals surface area contributed by atoms with Crippen LogP contribution in [-0.2, 0) is 11.3 Å². The minimum absolute atomic E-state index is 0.408. The Kier molecular flexibility index (Phi) is 5.95. The first-order valence-electron chi connectivity index (χ1n) is 5.84. The monoisotopic (exact) mass is 300 g/mol. The van der Waals surface area contributed by atoms with Crippen molar-refractivity contribution in [2.45, 2.75) is 26.4 Å². The van der Waals surface area contributed by atoms with Crippen molar-refractivity contribution in [2.75, 3.05) is 26.0 Å². The fourth-order valence-corrected chi connectivity index (χ4v) is 2.49. The van der Waals surface area contributed by atoms with Crippen LogP contribution in [0, 0.1) is 0 Å². The van der Waals surface area contributed by atoms with E-state index in [1.807, 2.05) is 12.1 Å². The van der Waals surface area contributed by atoms with E-state index in [9.17, 15) is 0 Å². The largest absolute Gasteiger partial charge is 0.399 e. The molecule has 4 heteroatoms. The summed E-state index contributed by atoms with van der Waals surface area (Å²) in [6.07, 6.45) is 0. The molecule has 0 fully saturated rings. The third-order valence-electron chi connectivity index (χ3n) is 2.80. The highest BCUT2D eigenvalue weighted by Gasteiger charge is 2.12. The van der Waals surface area contributed by atoms with Gasteiger partial charge in [-0.05, 0) is 37.2 Å². The van der Waals surface area contributed by atoms with Gasteiger partial charge >= 0.3 is 0 Å². The second kappa shape index (κ2) is 6.99. The zero-order valence-electron chi connectivity index (χ0n) is 10.7. The molecular weight excluding hydrogens is 280 g/mol. The predicted molar refractivity (Wildman–Crippen MR) is 76.0 cm³/mol. The molecule has 1 unspecified atom stereocenters. The molecular formula is C13H21BrN2O. The highest BCUT2D eigenvalue weighted by molar-refractivity contribution is 9.10. The van der Waals surface area contributed by atoms with E-state index in [0.29, 0.717) is 6.04 Å². The normalized spacial score (nSPS) is 13.0. The Morgan fingerprint density at radius 3 is 2.65 bits per heavy atom. The van der Waals surface area contributed by atoms with E-state index in [4.69, 9.17) is 10.5 Å². The first-order valence-corrected chi connectivity index (χ1v) is 6.64. The number of hydrogen-bond acceptors (Lipinski definition) is 3. The zero-order valence-corrected chi connectivity index (χ0v) is 12.3. The third-order valence-corrected chi connectivity index (χ3v) is 3.26. The van der Waals surface area contributed by atoms with Gasteiger partial charge in [0.2, 0.25) is 0 Å². The van der Waals surface area contributed by atoms with E-state index in [0.717, 1.165) is 29.9 Å². The summed E-state index contributed by atoms with van der Waals surface area (Å²) in [6, 6.07) is 6.45. The fourth-order valence-electron chi connectivity index (χ4n) is 1.93. The van der Waals surface area contributed by atoms with Crippen molar-refractivity contribution in [3.8, 4) is 0 Å². The Hall–Kier alpha value is -0.580. The van der Waals surface area contributed by atoms with Gasteiger partial charge in [0.05, 0.1) is 6.61 Å². The van der Waals surface area contributed by atoms with Gasteiger partial charge in [-0.1, -0.05) is 22.9 Å². The molecule has 1 rings (SSSR count). The lowest BCUT2D eigenvalue weighted by Gasteiger charge is -2.27. The summed E-state index contributed by atoms with van der Waals surface area (Å²) in [6.45, 7) is 6.97. The minimum Gasteiger partial charge on any atom is -0.399 e. The minimum atomic E-state index is 0.408. The molecule has 1 aromatic rings. The van der Waals surface area contributed by atoms with Crippen LogP contribution >= 0.6 is 15.9 Å². The molecule has 0 aliphatic carbocycles. The molecule has 0 bridgehead atoms. The number of nitrogens with two attached hydrogens (primary N) is 1. The first kappa shape index (κ1) is 14.5. The molecule has 2 N–H and O–H groups in total. The van der Waals surface area contributed by atoms with Crippen molar-refractivity contribution in [3.63, 3.8) is 0 Å². The summed E-state index contributed by atoms with van der Waals surface area (Å²) in [4.78, 5) is 2.37. The summed E-state index contributed by atoms with van der Waals surface area (Å²) < 4.78 is 6.23. The molecule has 0 aromatic heterocycles. The standard InChI is InChI=1S/C13H21BrN2O/c1-4-16(10(2)9-17-3)8-11-5-12(14)7-13(15)6-11/h5-7,10H,4,8-9,15H2,1-3H3. The average molecular weight is 301 g/mol. The number of nitrogen functional groups attached to an aromatic ring is 1. The van der Waals surface area contributed by atoms with Gasteiger partial charge in [0.25, 0.3) is 0 Å². The molecule has 0 saturated carbocycles. The Labute approximate surface area is 112 Å². The maximum absolute atomic E-state index is 5.84. The highest BCUT2D eigenvalue weighted by Crippen LogP contribution is 2.19. The lowest BCUT2D eigenvalue weighted by molar-refractivity contribution is 0.0982. The summed E-state index contributed by atoms with van der Waals surface area (Å²) in [5.41, 5.74) is 7.86. The lowest BCUT2D eigenvalue weighted by atomic mass is 10.1. The van der Waals surface area contributed by atoms with Crippen molar-refractivity contribution in [1.82, 2.24) is 4.90 Å². The zero-order chi connectivity index (χ0) is 12.8. The van der Waals surface area contributed by atoms with E-state index in [-0.39, 0.29) is 0 Å². The third kappa shape index (κ3) is 4.66. The maximum Gasteiger partial charge on any atom is 0.0615 e. The van der Waals surface area contributed by atoms with Crippen LogP contribution in [0.15, 0.2) is 22.7 Å². The molecule has 0 spiro atoms. The van der Waals surface area contributed by atoms with E-state index in [1.54, 1.807) is 7.11 Å². The summed E-state index contributed by atoms with van der Waals surface area (Å²) in [5.74, 6) is 0. The number of methoxy groups -OCH3 is 1. The van der Waals surface area contributed by atoms with Crippen LogP contribution in [0.1, 0.15) is 19.4 Å². The molecule has 0 radical (unpaired) electrons. The number of ether oxygens (including phenoxy) is 1. The van der Waals surface area contributed by atoms with Crippen molar-refractivity contribution in [2.24, 2.45) is 0 Å². The fraction of sp³-hybridized carbons (Fsp3) is 0.538. The number of anilines is 1. The van der Waals surface area contributed by atoms with Gasteiger partial charge in [-0.3, -0.25) is 4.90 Å². The SMILES string of the molecule is CCN(Cc1cc(N)cc(Br)c1)C(C)COC. The van der Waals surface area contributed by atoms with E-state index in [2.05, 4.69) is 40.7 Å². The highest BCUT2D eigenvalue weighted by atomic mass is 79.9. The van der Waals surface area contributed by atoms with Gasteiger partial charge in [-0.15, -0.1) is 0 Å². The number of hydrogen-bond donors (Lipinski definition) is 1. The van der Waals surface area contributed by atoms with Gasteiger partial charge in [0.15, 0.2) is 0 Å². The van der Waals surface area contributed by atoms with Crippen LogP contribution in [-0.4, -0.2) is 31.2 Å². The Morgan fingerprint density at radius 1 is 1.41 bits per heavy atom. The second-order valence-corrected chi connectivity index (χ2v) is 5.18. The number of likely N-dealkylation sites (N-methyl/N-ethyl adjacent to an activating group) is 1. The van der Waals surface area contributed by atoms with Crippen LogP contribution < -0.4 is 5.73 Å². The van der Waals surface area contributed by atoms with Crippen LogP contribution in [0.5, 0.6) is 0 Å². The van der Waals surface area contributed by atoms with Crippen LogP contribution in [0.2, 0.25) is 0 Å². The smallest absolute Gasteiger partial charge is 0.0615 e. The molecule has 1 aromatic carbocycles. The van der Waals surface area contributed by atoms with Crippen LogP contribution in [0.25, 0.3) is 0 Å². The van der Waals surface area contributed by atoms with Gasteiger partial charge in [-0.25, -0.2) is 0 Å². The van der Waals surface area contributed by atoms with Crippen molar-refractivity contribution in [1.29, 1.82) is 0 Å². The molecule has 17 heavy (non-hydrogen) atoms. The molecule has 0 amide bonds. The average Bonchev–Trinajstić information content (AvgIpc) is 2.24. The van der Waals surface area contributed by atoms with Crippen molar-refractivity contribution >= 4 is 21.6 Å². The Balaban J connectivity index is 2.73. The summed E-state index contributed by atoms with van der Waals surface area (Å²) in [7, 11) is 1.74. The topological polar surface area (TPSA) is 38.5 Å². The van der Waals surface area contributed by atoms with Crippen molar-refractivity contribution < 1.29 is 4.74 Å². The van der Waals surface area contributed by atoms with Crippen LogP contribution in [0.3, 0.4) is 0 Å². The Morgan fingerprint density at radius 2 is 2.12 bits per heavy atom. The van der Waals surface area contributed by atoms with Crippen molar-refractivity contribution in [3.05, 3.63) is 28.2 Å². The second-order valence-electron chi connectivity index (χ2n) is 4.26. The first-order chi connectivity index (χ1) is 8.06. The summed E-state index contributed by atoms with van der Waals surface area (Å²) in [5, 5.41) is 0. The quantitative estimate of drug-likeness (QED) is 0.821. The molecule has 3 nitrogen and oxygen atoms in total. The van der Waals surface area contributed by atoms with Gasteiger partial charge in [-0.2, -0.15) is 0 Å². The maximum atomic E-state index is 5.84. The number of halogens is 1. The van der Waals surface area contributed by atoms with E-state index >= 15 is 0 Å². The molecule has 0 aliphatic rings. The molecule has 0 heterocycles. The van der Waals surface area contributed by atoms with E-state index in [1.165, 1.54) is 5.56 Å².